The van der Waals surface area contributed by atoms with Crippen LogP contribution in [0.15, 0.2) is 18.7 Å². The lowest BCUT2D eigenvalue weighted by Gasteiger charge is -2.30. The summed E-state index contributed by atoms with van der Waals surface area (Å²) < 4.78 is 0. The van der Waals surface area contributed by atoms with Crippen molar-refractivity contribution in [2.45, 2.75) is 32.1 Å². The van der Waals surface area contributed by atoms with Crippen molar-refractivity contribution in [2.24, 2.45) is 5.92 Å². The van der Waals surface area contributed by atoms with Gasteiger partial charge in [0.05, 0.1) is 0 Å². The van der Waals surface area contributed by atoms with Gasteiger partial charge in [0.1, 0.15) is 0 Å². The molecule has 1 atom stereocenters. The Kier molecular flexibility index (Phi) is 1.73. The average molecular weight is 199 g/mol. The van der Waals surface area contributed by atoms with Crippen molar-refractivity contribution in [3.8, 4) is 0 Å². The number of fused-ring (bicyclic) bond motifs is 1. The molecule has 0 bridgehead atoms. The zero-order valence-corrected chi connectivity index (χ0v) is 9.22. The fourth-order valence-electron chi connectivity index (χ4n) is 2.67. The number of rotatable bonds is 2. The molecule has 1 heteroatoms. The van der Waals surface area contributed by atoms with Crippen molar-refractivity contribution in [1.82, 2.24) is 0 Å². The molecule has 0 aromatic heterocycles. The second-order valence-electron chi connectivity index (χ2n) is 5.00. The smallest absolute Gasteiger partial charge is 0.0428 e. The number of allylic oxidation sites excluding steroid dienone is 1. The Balaban J connectivity index is 2.05. The maximum Gasteiger partial charge on any atom is 0.0428 e. The van der Waals surface area contributed by atoms with Gasteiger partial charge in [0.2, 0.25) is 0 Å². The second-order valence-corrected chi connectivity index (χ2v) is 5.00. The van der Waals surface area contributed by atoms with Crippen LogP contribution in [0.5, 0.6) is 0 Å². The quantitative estimate of drug-likeness (QED) is 0.726. The summed E-state index contributed by atoms with van der Waals surface area (Å²) >= 11 is 0. The van der Waals surface area contributed by atoms with Gasteiger partial charge in [-0.05, 0) is 47.8 Å². The van der Waals surface area contributed by atoms with Crippen LogP contribution in [0.4, 0.5) is 5.69 Å². The second kappa shape index (κ2) is 2.88. The standard InChI is InChI=1S/C14H17N/c1-8-7-11-5-6-12(14(15)13(8)11)9(2)10-3-4-10/h5-6,8,10H,2-4,7,15H2,1H3. The van der Waals surface area contributed by atoms with Gasteiger partial charge < -0.3 is 5.73 Å². The molecule has 1 aromatic carbocycles. The van der Waals surface area contributed by atoms with Crippen LogP contribution in [0.1, 0.15) is 42.4 Å². The van der Waals surface area contributed by atoms with Crippen molar-refractivity contribution in [2.75, 3.05) is 5.73 Å². The lowest BCUT2D eigenvalue weighted by Crippen LogP contribution is -2.17. The Morgan fingerprint density at radius 1 is 1.40 bits per heavy atom. The summed E-state index contributed by atoms with van der Waals surface area (Å²) in [7, 11) is 0. The van der Waals surface area contributed by atoms with Gasteiger partial charge in [-0.3, -0.25) is 0 Å². The molecule has 1 nitrogen and oxygen atoms in total. The third-order valence-electron chi connectivity index (χ3n) is 3.81. The average Bonchev–Trinajstić information content (AvgIpc) is 2.98. The Bertz CT molecular complexity index is 441. The molecule has 1 fully saturated rings. The first kappa shape index (κ1) is 9.02. The van der Waals surface area contributed by atoms with E-state index in [-0.39, 0.29) is 0 Å². The van der Waals surface area contributed by atoms with E-state index in [1.165, 1.54) is 41.5 Å². The van der Waals surface area contributed by atoms with E-state index in [1.807, 2.05) is 0 Å². The van der Waals surface area contributed by atoms with E-state index in [9.17, 15) is 0 Å². The van der Waals surface area contributed by atoms with Gasteiger partial charge in [0, 0.05) is 11.3 Å². The van der Waals surface area contributed by atoms with Crippen LogP contribution in [0.3, 0.4) is 0 Å². The summed E-state index contributed by atoms with van der Waals surface area (Å²) in [5.74, 6) is 1.35. The summed E-state index contributed by atoms with van der Waals surface area (Å²) in [5.41, 5.74) is 12.5. The minimum Gasteiger partial charge on any atom is -0.398 e. The minimum absolute atomic E-state index is 0.645. The Morgan fingerprint density at radius 2 is 2.13 bits per heavy atom. The number of nitrogen functional groups attached to an aromatic ring is 1. The molecular formula is C14H17N. The summed E-state index contributed by atoms with van der Waals surface area (Å²) in [5, 5.41) is 0. The van der Waals surface area contributed by atoms with Gasteiger partial charge >= 0.3 is 0 Å². The molecule has 2 aliphatic carbocycles. The topological polar surface area (TPSA) is 26.0 Å². The van der Waals surface area contributed by atoms with Crippen molar-refractivity contribution >= 4 is 11.3 Å². The van der Waals surface area contributed by atoms with Gasteiger partial charge in [-0.2, -0.15) is 0 Å². The molecule has 78 valence electrons. The van der Waals surface area contributed by atoms with Gasteiger partial charge in [0.25, 0.3) is 0 Å². The number of hydrogen-bond donors (Lipinski definition) is 1. The lowest BCUT2D eigenvalue weighted by molar-refractivity contribution is 0.670. The maximum absolute atomic E-state index is 6.23. The fourth-order valence-corrected chi connectivity index (χ4v) is 2.67. The van der Waals surface area contributed by atoms with E-state index in [2.05, 4.69) is 25.6 Å². The van der Waals surface area contributed by atoms with Crippen molar-refractivity contribution in [3.05, 3.63) is 35.4 Å². The highest BCUT2D eigenvalue weighted by atomic mass is 14.6. The molecule has 0 spiro atoms. The molecule has 0 radical (unpaired) electrons. The third kappa shape index (κ3) is 1.22. The number of anilines is 1. The highest BCUT2D eigenvalue weighted by molar-refractivity contribution is 5.80. The molecule has 3 rings (SSSR count). The van der Waals surface area contributed by atoms with Crippen LogP contribution in [0, 0.1) is 5.92 Å². The Labute approximate surface area is 91.0 Å². The first-order valence-corrected chi connectivity index (χ1v) is 5.79. The molecule has 1 saturated carbocycles. The normalized spacial score (nSPS) is 23.1. The van der Waals surface area contributed by atoms with Crippen LogP contribution in [0.2, 0.25) is 0 Å². The highest BCUT2D eigenvalue weighted by Gasteiger charge is 2.30. The minimum atomic E-state index is 0.645. The van der Waals surface area contributed by atoms with Gasteiger partial charge in [-0.15, -0.1) is 0 Å². The van der Waals surface area contributed by atoms with Gasteiger partial charge in [-0.1, -0.05) is 25.6 Å². The summed E-state index contributed by atoms with van der Waals surface area (Å²) in [6.45, 7) is 6.44. The number of hydrogen-bond acceptors (Lipinski definition) is 1. The molecule has 0 amide bonds. The molecule has 2 aliphatic rings. The zero-order chi connectivity index (χ0) is 10.6. The first-order valence-electron chi connectivity index (χ1n) is 5.79. The maximum atomic E-state index is 6.23. The highest BCUT2D eigenvalue weighted by Crippen LogP contribution is 2.47. The molecule has 1 unspecified atom stereocenters. The molecular weight excluding hydrogens is 182 g/mol. The largest absolute Gasteiger partial charge is 0.398 e. The van der Waals surface area contributed by atoms with E-state index in [1.54, 1.807) is 0 Å². The summed E-state index contributed by atoms with van der Waals surface area (Å²) in [4.78, 5) is 0. The fraction of sp³-hybridized carbons (Fsp3) is 0.429. The van der Waals surface area contributed by atoms with Crippen molar-refractivity contribution < 1.29 is 0 Å². The molecule has 1 aromatic rings. The monoisotopic (exact) mass is 199 g/mol. The Hall–Kier alpha value is -1.24. The summed E-state index contributed by atoms with van der Waals surface area (Å²) in [6.07, 6.45) is 3.78. The SMILES string of the molecule is C=C(c1ccc2c(c1N)C(C)C2)C1CC1. The number of nitrogens with two attached hydrogens (primary N) is 1. The van der Waals surface area contributed by atoms with Crippen LogP contribution in [-0.4, -0.2) is 0 Å². The third-order valence-corrected chi connectivity index (χ3v) is 3.81. The zero-order valence-electron chi connectivity index (χ0n) is 9.22. The van der Waals surface area contributed by atoms with Crippen molar-refractivity contribution in [3.63, 3.8) is 0 Å². The van der Waals surface area contributed by atoms with Gasteiger partial charge in [0.15, 0.2) is 0 Å². The van der Waals surface area contributed by atoms with E-state index >= 15 is 0 Å². The van der Waals surface area contributed by atoms with E-state index in [0.717, 1.165) is 5.69 Å². The molecule has 2 N–H and O–H groups in total. The van der Waals surface area contributed by atoms with Gasteiger partial charge in [-0.25, -0.2) is 0 Å². The number of benzene rings is 1. The Morgan fingerprint density at radius 3 is 2.73 bits per heavy atom. The summed E-state index contributed by atoms with van der Waals surface area (Å²) in [6, 6.07) is 4.40. The van der Waals surface area contributed by atoms with E-state index in [4.69, 9.17) is 5.73 Å². The van der Waals surface area contributed by atoms with Crippen LogP contribution < -0.4 is 5.73 Å². The van der Waals surface area contributed by atoms with Crippen LogP contribution >= 0.6 is 0 Å². The van der Waals surface area contributed by atoms with E-state index in [0.29, 0.717) is 11.8 Å². The van der Waals surface area contributed by atoms with Crippen LogP contribution in [-0.2, 0) is 6.42 Å². The first-order chi connectivity index (χ1) is 7.18. The van der Waals surface area contributed by atoms with Crippen molar-refractivity contribution in [1.29, 1.82) is 0 Å². The van der Waals surface area contributed by atoms with E-state index < -0.39 is 0 Å². The molecule has 0 heterocycles. The molecule has 0 saturated heterocycles. The predicted molar refractivity (Wildman–Crippen MR) is 64.7 cm³/mol. The molecule has 15 heavy (non-hydrogen) atoms. The molecule has 0 aliphatic heterocycles. The predicted octanol–water partition coefficient (Wildman–Crippen LogP) is 3.35. The lowest BCUT2D eigenvalue weighted by atomic mass is 9.76. The van der Waals surface area contributed by atoms with Crippen LogP contribution in [0.25, 0.3) is 5.57 Å².